The predicted octanol–water partition coefficient (Wildman–Crippen LogP) is 2.87. The summed E-state index contributed by atoms with van der Waals surface area (Å²) in [7, 11) is 0. The molecule has 0 atom stereocenters. The van der Waals surface area contributed by atoms with E-state index < -0.39 is 17.6 Å². The Hall–Kier alpha value is -2.37. The van der Waals surface area contributed by atoms with Crippen molar-refractivity contribution in [1.29, 1.82) is 0 Å². The van der Waals surface area contributed by atoms with E-state index in [0.29, 0.717) is 0 Å². The summed E-state index contributed by atoms with van der Waals surface area (Å²) in [5.74, 6) is -2.21. The zero-order chi connectivity index (χ0) is 13.1. The third-order valence-corrected chi connectivity index (χ3v) is 2.34. The van der Waals surface area contributed by atoms with E-state index in [1.54, 1.807) is 0 Å². The van der Waals surface area contributed by atoms with E-state index in [0.717, 1.165) is 18.2 Å². The van der Waals surface area contributed by atoms with Crippen LogP contribution in [0.3, 0.4) is 0 Å². The lowest BCUT2D eigenvalue weighted by atomic mass is 10.2. The first-order valence-corrected chi connectivity index (χ1v) is 5.06. The van der Waals surface area contributed by atoms with Crippen LogP contribution >= 0.6 is 0 Å². The molecule has 1 aromatic carbocycles. The highest BCUT2D eigenvalue weighted by molar-refractivity contribution is 5.88. The molecule has 94 valence electrons. The predicted molar refractivity (Wildman–Crippen MR) is 59.4 cm³/mol. The van der Waals surface area contributed by atoms with Crippen LogP contribution in [0.4, 0.5) is 14.5 Å². The molecule has 0 saturated heterocycles. The molecule has 1 aromatic heterocycles. The standard InChI is InChI=1S/C12H9F2NO3/c13-7-1-2-9(14)10(5-7)15-6-11-8(12(16)17)3-4-18-11/h1-5,15H,6H2,(H,16,17). The molecule has 2 aromatic rings. The molecule has 0 radical (unpaired) electrons. The third kappa shape index (κ3) is 2.48. The van der Waals surface area contributed by atoms with E-state index in [4.69, 9.17) is 9.52 Å². The molecule has 18 heavy (non-hydrogen) atoms. The van der Waals surface area contributed by atoms with E-state index in [-0.39, 0.29) is 23.6 Å². The summed E-state index contributed by atoms with van der Waals surface area (Å²) in [5, 5.41) is 11.4. The molecule has 0 saturated carbocycles. The van der Waals surface area contributed by atoms with Crippen molar-refractivity contribution in [2.24, 2.45) is 0 Å². The molecule has 0 spiro atoms. The number of aromatic carboxylic acids is 1. The fourth-order valence-corrected chi connectivity index (χ4v) is 1.48. The van der Waals surface area contributed by atoms with Gasteiger partial charge < -0.3 is 14.8 Å². The van der Waals surface area contributed by atoms with Gasteiger partial charge in [-0.25, -0.2) is 13.6 Å². The Balaban J connectivity index is 2.14. The number of furan rings is 1. The van der Waals surface area contributed by atoms with E-state index in [9.17, 15) is 13.6 Å². The SMILES string of the molecule is O=C(O)c1ccoc1CNc1cc(F)ccc1F. The zero-order valence-electron chi connectivity index (χ0n) is 9.11. The van der Waals surface area contributed by atoms with Gasteiger partial charge in [-0.15, -0.1) is 0 Å². The Kier molecular flexibility index (Phi) is 3.27. The van der Waals surface area contributed by atoms with Gasteiger partial charge in [0, 0.05) is 0 Å². The van der Waals surface area contributed by atoms with Crippen LogP contribution in [0.25, 0.3) is 0 Å². The van der Waals surface area contributed by atoms with Crippen LogP contribution in [0.1, 0.15) is 16.1 Å². The maximum atomic E-state index is 13.3. The maximum Gasteiger partial charge on any atom is 0.339 e. The first-order chi connectivity index (χ1) is 8.58. The van der Waals surface area contributed by atoms with Crippen molar-refractivity contribution in [2.45, 2.75) is 6.54 Å². The number of benzene rings is 1. The summed E-state index contributed by atoms with van der Waals surface area (Å²) in [6, 6.07) is 4.26. The van der Waals surface area contributed by atoms with Crippen molar-refractivity contribution < 1.29 is 23.1 Å². The number of carboxylic acid groups (broad SMARTS) is 1. The summed E-state index contributed by atoms with van der Waals surface area (Å²) >= 11 is 0. The third-order valence-electron chi connectivity index (χ3n) is 2.34. The lowest BCUT2D eigenvalue weighted by Gasteiger charge is -2.06. The van der Waals surface area contributed by atoms with Gasteiger partial charge >= 0.3 is 5.97 Å². The van der Waals surface area contributed by atoms with Crippen LogP contribution < -0.4 is 5.32 Å². The number of hydrogen-bond acceptors (Lipinski definition) is 3. The zero-order valence-corrected chi connectivity index (χ0v) is 9.11. The van der Waals surface area contributed by atoms with Gasteiger partial charge in [0.25, 0.3) is 0 Å². The summed E-state index contributed by atoms with van der Waals surface area (Å²) in [4.78, 5) is 10.8. The molecule has 2 rings (SSSR count). The average molecular weight is 253 g/mol. The second-order valence-electron chi connectivity index (χ2n) is 3.54. The Morgan fingerprint density at radius 3 is 2.83 bits per heavy atom. The summed E-state index contributed by atoms with van der Waals surface area (Å²) in [6.07, 6.45) is 1.22. The van der Waals surface area contributed by atoms with Crippen LogP contribution in [0, 0.1) is 11.6 Å². The Morgan fingerprint density at radius 1 is 1.33 bits per heavy atom. The number of anilines is 1. The highest BCUT2D eigenvalue weighted by Crippen LogP contribution is 2.18. The van der Waals surface area contributed by atoms with Crippen molar-refractivity contribution in [3.8, 4) is 0 Å². The van der Waals surface area contributed by atoms with Crippen LogP contribution in [-0.4, -0.2) is 11.1 Å². The minimum atomic E-state index is -1.14. The molecule has 0 unspecified atom stereocenters. The number of carboxylic acids is 1. The molecule has 0 aliphatic carbocycles. The molecule has 0 aliphatic heterocycles. The monoisotopic (exact) mass is 253 g/mol. The maximum absolute atomic E-state index is 13.3. The summed E-state index contributed by atoms with van der Waals surface area (Å²) < 4.78 is 31.1. The molecule has 2 N–H and O–H groups in total. The van der Waals surface area contributed by atoms with E-state index in [1.165, 1.54) is 12.3 Å². The van der Waals surface area contributed by atoms with Gasteiger partial charge in [-0.1, -0.05) is 0 Å². The van der Waals surface area contributed by atoms with Crippen LogP contribution in [0.5, 0.6) is 0 Å². The van der Waals surface area contributed by atoms with Crippen molar-refractivity contribution in [3.63, 3.8) is 0 Å². The topological polar surface area (TPSA) is 62.5 Å². The molecular weight excluding hydrogens is 244 g/mol. The van der Waals surface area contributed by atoms with Crippen LogP contribution in [-0.2, 0) is 6.54 Å². The molecular formula is C12H9F2NO3. The largest absolute Gasteiger partial charge is 0.478 e. The number of hydrogen-bond donors (Lipinski definition) is 2. The second-order valence-corrected chi connectivity index (χ2v) is 3.54. The minimum absolute atomic E-state index is 0.0145. The van der Waals surface area contributed by atoms with Gasteiger partial charge in [-0.05, 0) is 24.3 Å². The smallest absolute Gasteiger partial charge is 0.339 e. The lowest BCUT2D eigenvalue weighted by Crippen LogP contribution is -2.05. The fourth-order valence-electron chi connectivity index (χ4n) is 1.48. The van der Waals surface area contributed by atoms with Crippen LogP contribution in [0.15, 0.2) is 34.9 Å². The Bertz CT molecular complexity index is 580. The van der Waals surface area contributed by atoms with E-state index in [1.807, 2.05) is 0 Å². The number of rotatable bonds is 4. The van der Waals surface area contributed by atoms with Crippen molar-refractivity contribution in [2.75, 3.05) is 5.32 Å². The van der Waals surface area contributed by atoms with Gasteiger partial charge in [-0.2, -0.15) is 0 Å². The number of halogens is 2. The molecule has 0 bridgehead atoms. The second kappa shape index (κ2) is 4.87. The van der Waals surface area contributed by atoms with Gasteiger partial charge in [0.15, 0.2) is 0 Å². The van der Waals surface area contributed by atoms with Gasteiger partial charge in [-0.3, -0.25) is 0 Å². The van der Waals surface area contributed by atoms with Gasteiger partial charge in [0.2, 0.25) is 0 Å². The molecule has 1 heterocycles. The number of carbonyl (C=O) groups is 1. The molecule has 6 heteroatoms. The van der Waals surface area contributed by atoms with E-state index >= 15 is 0 Å². The molecule has 0 aliphatic rings. The first kappa shape index (κ1) is 12.1. The quantitative estimate of drug-likeness (QED) is 0.879. The first-order valence-electron chi connectivity index (χ1n) is 5.06. The molecule has 0 amide bonds. The highest BCUT2D eigenvalue weighted by Gasteiger charge is 2.13. The molecule has 0 fully saturated rings. The van der Waals surface area contributed by atoms with Crippen molar-refractivity contribution >= 4 is 11.7 Å². The highest BCUT2D eigenvalue weighted by atomic mass is 19.1. The van der Waals surface area contributed by atoms with Gasteiger partial charge in [0.05, 0.1) is 18.5 Å². The summed E-state index contributed by atoms with van der Waals surface area (Å²) in [5.41, 5.74) is -0.0675. The van der Waals surface area contributed by atoms with Crippen molar-refractivity contribution in [1.82, 2.24) is 0 Å². The van der Waals surface area contributed by atoms with E-state index in [2.05, 4.69) is 5.32 Å². The summed E-state index contributed by atoms with van der Waals surface area (Å²) in [6.45, 7) is -0.0466. The molecule has 4 nitrogen and oxygen atoms in total. The normalized spacial score (nSPS) is 10.3. The van der Waals surface area contributed by atoms with Gasteiger partial charge in [0.1, 0.15) is 23.0 Å². The minimum Gasteiger partial charge on any atom is -0.478 e. The lowest BCUT2D eigenvalue weighted by molar-refractivity contribution is 0.0694. The van der Waals surface area contributed by atoms with Crippen LogP contribution in [0.2, 0.25) is 0 Å². The number of nitrogens with one attached hydrogen (secondary N) is 1. The fraction of sp³-hybridized carbons (Fsp3) is 0.0833. The Labute approximate surface area is 101 Å². The van der Waals surface area contributed by atoms with Crippen molar-refractivity contribution in [3.05, 3.63) is 53.5 Å². The Morgan fingerprint density at radius 2 is 2.11 bits per heavy atom. The average Bonchev–Trinajstić information content (AvgIpc) is 2.79.